The Morgan fingerprint density at radius 3 is 1.89 bits per heavy atom. The Bertz CT molecular complexity index is 1350. The number of carbonyl (C=O) groups excluding carboxylic acids is 3. The van der Waals surface area contributed by atoms with Crippen LogP contribution in [-0.2, 0) is 14.6 Å². The van der Waals surface area contributed by atoms with Crippen LogP contribution in [0.2, 0.25) is 0 Å². The van der Waals surface area contributed by atoms with Crippen molar-refractivity contribution in [2.75, 3.05) is 26.2 Å². The van der Waals surface area contributed by atoms with Gasteiger partial charge in [-0.3, -0.25) is 14.4 Å². The molecule has 8 nitrogen and oxygen atoms in total. The van der Waals surface area contributed by atoms with Crippen LogP contribution in [0.25, 0.3) is 0 Å². The predicted molar refractivity (Wildman–Crippen MR) is 135 cm³/mol. The van der Waals surface area contributed by atoms with E-state index in [1.807, 2.05) is 19.1 Å². The van der Waals surface area contributed by atoms with Crippen molar-refractivity contribution in [2.24, 2.45) is 0 Å². The van der Waals surface area contributed by atoms with Crippen LogP contribution in [0.4, 0.5) is 0 Å². The lowest BCUT2D eigenvalue weighted by Crippen LogP contribution is -2.57. The number of hydrogen-bond donors (Lipinski definition) is 1. The molecule has 4 rings (SSSR count). The number of hydrogen-bond acceptors (Lipinski definition) is 5. The molecule has 36 heavy (non-hydrogen) atoms. The Morgan fingerprint density at radius 1 is 0.750 bits per heavy atom. The average molecular weight is 506 g/mol. The molecule has 0 saturated carbocycles. The molecule has 1 heterocycles. The number of amides is 3. The maximum atomic E-state index is 13.5. The standard InChI is InChI=1S/C27H27N3O5S/c1-20-10-8-9-15-23(20)26(32)29-16-18-30(19-17-29)27(33)25(28-24(31)21-11-4-2-5-12-21)36(34,35)22-13-6-3-7-14-22/h2-15,25H,16-19H2,1H3,(H,28,31). The van der Waals surface area contributed by atoms with Crippen molar-refractivity contribution >= 4 is 27.6 Å². The minimum Gasteiger partial charge on any atom is -0.336 e. The number of carbonyl (C=O) groups is 3. The lowest BCUT2D eigenvalue weighted by Gasteiger charge is -2.36. The van der Waals surface area contributed by atoms with E-state index >= 15 is 0 Å². The molecule has 1 N–H and O–H groups in total. The molecule has 1 unspecified atom stereocenters. The van der Waals surface area contributed by atoms with Crippen molar-refractivity contribution in [3.05, 3.63) is 102 Å². The van der Waals surface area contributed by atoms with Gasteiger partial charge in [-0.15, -0.1) is 0 Å². The van der Waals surface area contributed by atoms with Crippen LogP contribution in [-0.4, -0.2) is 67.5 Å². The summed E-state index contributed by atoms with van der Waals surface area (Å²) in [5, 5.41) is 0.638. The molecule has 3 aromatic rings. The SMILES string of the molecule is Cc1ccccc1C(=O)N1CCN(C(=O)C(NC(=O)c2ccccc2)S(=O)(=O)c2ccccc2)CC1. The number of aryl methyl sites for hydroxylation is 1. The van der Waals surface area contributed by atoms with Gasteiger partial charge in [0.2, 0.25) is 15.2 Å². The molecular formula is C27H27N3O5S. The summed E-state index contributed by atoms with van der Waals surface area (Å²) >= 11 is 0. The first-order valence-corrected chi connectivity index (χ1v) is 13.1. The van der Waals surface area contributed by atoms with E-state index in [4.69, 9.17) is 0 Å². The second-order valence-electron chi connectivity index (χ2n) is 8.51. The summed E-state index contributed by atoms with van der Waals surface area (Å²) < 4.78 is 26.9. The van der Waals surface area contributed by atoms with E-state index < -0.39 is 27.0 Å². The third-order valence-corrected chi connectivity index (χ3v) is 8.03. The van der Waals surface area contributed by atoms with Crippen LogP contribution < -0.4 is 5.32 Å². The highest BCUT2D eigenvalue weighted by molar-refractivity contribution is 7.92. The van der Waals surface area contributed by atoms with Crippen LogP contribution >= 0.6 is 0 Å². The first-order valence-electron chi connectivity index (χ1n) is 11.6. The first kappa shape index (κ1) is 25.1. The Morgan fingerprint density at radius 2 is 1.28 bits per heavy atom. The van der Waals surface area contributed by atoms with Crippen molar-refractivity contribution in [3.8, 4) is 0 Å². The molecule has 1 atom stereocenters. The second-order valence-corrected chi connectivity index (χ2v) is 10.5. The maximum absolute atomic E-state index is 13.5. The van der Waals surface area contributed by atoms with Gasteiger partial charge in [0, 0.05) is 37.3 Å². The van der Waals surface area contributed by atoms with Crippen LogP contribution in [0.1, 0.15) is 26.3 Å². The molecule has 9 heteroatoms. The molecule has 3 aromatic carbocycles. The first-order chi connectivity index (χ1) is 17.3. The van der Waals surface area contributed by atoms with Crippen molar-refractivity contribution in [1.82, 2.24) is 15.1 Å². The normalized spacial score (nSPS) is 14.7. The fourth-order valence-electron chi connectivity index (χ4n) is 4.09. The van der Waals surface area contributed by atoms with Crippen molar-refractivity contribution in [2.45, 2.75) is 17.2 Å². The predicted octanol–water partition coefficient (Wildman–Crippen LogP) is 2.51. The Balaban J connectivity index is 1.54. The summed E-state index contributed by atoms with van der Waals surface area (Å²) in [6.07, 6.45) is 0. The number of nitrogens with one attached hydrogen (secondary N) is 1. The Kier molecular flexibility index (Phi) is 7.49. The zero-order valence-corrected chi connectivity index (χ0v) is 20.6. The van der Waals surface area contributed by atoms with Gasteiger partial charge in [0.1, 0.15) is 0 Å². The maximum Gasteiger partial charge on any atom is 0.261 e. The molecule has 186 valence electrons. The van der Waals surface area contributed by atoms with E-state index in [0.29, 0.717) is 5.56 Å². The monoisotopic (exact) mass is 505 g/mol. The number of nitrogens with zero attached hydrogens (tertiary/aromatic N) is 2. The zero-order chi connectivity index (χ0) is 25.7. The number of benzene rings is 3. The summed E-state index contributed by atoms with van der Waals surface area (Å²) in [5.74, 6) is -1.53. The minimum absolute atomic E-state index is 0.0647. The molecule has 1 fully saturated rings. The summed E-state index contributed by atoms with van der Waals surface area (Å²) in [6, 6.07) is 23.0. The lowest BCUT2D eigenvalue weighted by molar-refractivity contribution is -0.132. The van der Waals surface area contributed by atoms with Crippen LogP contribution in [0.5, 0.6) is 0 Å². The van der Waals surface area contributed by atoms with Gasteiger partial charge >= 0.3 is 0 Å². The van der Waals surface area contributed by atoms with Crippen LogP contribution in [0.15, 0.2) is 89.8 Å². The van der Waals surface area contributed by atoms with Crippen molar-refractivity contribution < 1.29 is 22.8 Å². The summed E-state index contributed by atoms with van der Waals surface area (Å²) in [6.45, 7) is 2.67. The quantitative estimate of drug-likeness (QED) is 0.555. The highest BCUT2D eigenvalue weighted by atomic mass is 32.2. The van der Waals surface area contributed by atoms with Crippen molar-refractivity contribution in [1.29, 1.82) is 0 Å². The molecule has 3 amide bonds. The number of sulfone groups is 1. The van der Waals surface area contributed by atoms with E-state index in [2.05, 4.69) is 5.32 Å². The van der Waals surface area contributed by atoms with Gasteiger partial charge < -0.3 is 15.1 Å². The third kappa shape index (κ3) is 5.31. The average Bonchev–Trinajstić information content (AvgIpc) is 2.92. The molecule has 1 aliphatic heterocycles. The van der Waals surface area contributed by atoms with E-state index in [9.17, 15) is 22.8 Å². The van der Waals surface area contributed by atoms with Crippen LogP contribution in [0, 0.1) is 6.92 Å². The molecule has 0 aromatic heterocycles. The molecule has 0 spiro atoms. The topological polar surface area (TPSA) is 104 Å². The van der Waals surface area contributed by atoms with E-state index in [0.717, 1.165) is 5.56 Å². The number of rotatable bonds is 6. The summed E-state index contributed by atoms with van der Waals surface area (Å²) in [5.41, 5.74) is 1.70. The smallest absolute Gasteiger partial charge is 0.261 e. The van der Waals surface area contributed by atoms with Gasteiger partial charge in [0.25, 0.3) is 17.7 Å². The highest BCUT2D eigenvalue weighted by Gasteiger charge is 2.39. The molecule has 0 bridgehead atoms. The van der Waals surface area contributed by atoms with Gasteiger partial charge in [-0.05, 0) is 42.8 Å². The molecule has 1 saturated heterocycles. The van der Waals surface area contributed by atoms with E-state index in [1.165, 1.54) is 17.0 Å². The molecule has 0 radical (unpaired) electrons. The molecular weight excluding hydrogens is 478 g/mol. The second kappa shape index (κ2) is 10.7. The third-order valence-electron chi connectivity index (χ3n) is 6.16. The Hall–Kier alpha value is -3.98. The van der Waals surface area contributed by atoms with Gasteiger partial charge in [0.15, 0.2) is 0 Å². The van der Waals surface area contributed by atoms with Gasteiger partial charge in [-0.1, -0.05) is 54.6 Å². The number of piperazine rings is 1. The minimum atomic E-state index is -4.23. The van der Waals surface area contributed by atoms with Crippen molar-refractivity contribution in [3.63, 3.8) is 0 Å². The fraction of sp³-hybridized carbons (Fsp3) is 0.222. The zero-order valence-electron chi connectivity index (χ0n) is 19.8. The highest BCUT2D eigenvalue weighted by Crippen LogP contribution is 2.19. The Labute approximate surface area is 210 Å². The summed E-state index contributed by atoms with van der Waals surface area (Å²) in [4.78, 5) is 42.3. The van der Waals surface area contributed by atoms with Crippen LogP contribution in [0.3, 0.4) is 0 Å². The summed E-state index contributed by atoms with van der Waals surface area (Å²) in [7, 11) is -4.23. The fourth-order valence-corrected chi connectivity index (χ4v) is 5.57. The lowest BCUT2D eigenvalue weighted by atomic mass is 10.1. The van der Waals surface area contributed by atoms with Gasteiger partial charge in [0.05, 0.1) is 4.90 Å². The van der Waals surface area contributed by atoms with Gasteiger partial charge in [-0.25, -0.2) is 8.42 Å². The van der Waals surface area contributed by atoms with E-state index in [-0.39, 0.29) is 42.5 Å². The molecule has 1 aliphatic rings. The van der Waals surface area contributed by atoms with E-state index in [1.54, 1.807) is 65.6 Å². The largest absolute Gasteiger partial charge is 0.336 e. The van der Waals surface area contributed by atoms with Gasteiger partial charge in [-0.2, -0.15) is 0 Å². The molecule has 0 aliphatic carbocycles.